The average molecular weight is 1070 g/mol. The predicted molar refractivity (Wildman–Crippen MR) is 291 cm³/mol. The number of aliphatic hydroxyl groups is 1. The van der Waals surface area contributed by atoms with E-state index in [-0.39, 0.29) is 43.0 Å². The first-order valence-electron chi connectivity index (χ1n) is 25.3. The van der Waals surface area contributed by atoms with E-state index in [1.165, 1.54) is 4.90 Å². The minimum atomic E-state index is -1.08. The molecule has 18 nitrogen and oxygen atoms in total. The molecule has 20 heteroatoms. The fraction of sp³-hybridized carbons (Fsp3) is 0.375. The number of furan rings is 1. The van der Waals surface area contributed by atoms with E-state index in [9.17, 15) is 34.2 Å². The molecule has 0 aliphatic carbocycles. The number of amides is 4. The maximum absolute atomic E-state index is 14.4. The Morgan fingerprint density at radius 3 is 2.33 bits per heavy atom. The van der Waals surface area contributed by atoms with E-state index in [1.807, 2.05) is 100 Å². The number of carboxylic acid groups (broad SMARTS) is 1. The number of aliphatic carboxylic acids is 1. The number of aliphatic imine (C=N–C) groups is 1. The summed E-state index contributed by atoms with van der Waals surface area (Å²) in [7, 11) is 0. The van der Waals surface area contributed by atoms with Crippen molar-refractivity contribution in [3.63, 3.8) is 0 Å². The Kier molecular flexibility index (Phi) is 14.0. The fourth-order valence-electron chi connectivity index (χ4n) is 10.4. The van der Waals surface area contributed by atoms with E-state index < -0.39 is 53.3 Å². The number of anilines is 2. The number of likely N-dealkylation sites (tertiary alicyclic amines) is 1. The van der Waals surface area contributed by atoms with Crippen molar-refractivity contribution < 1.29 is 38.6 Å². The second kappa shape index (κ2) is 20.5. The van der Waals surface area contributed by atoms with Crippen molar-refractivity contribution in [1.82, 2.24) is 35.3 Å². The number of benzene rings is 3. The Balaban J connectivity index is 0.773. The number of thiazole rings is 1. The molecule has 76 heavy (non-hydrogen) atoms. The van der Waals surface area contributed by atoms with Crippen LogP contribution in [0.15, 0.2) is 87.7 Å². The molecule has 3 aliphatic rings. The molecule has 0 radical (unpaired) electrons. The number of nitrogens with zero attached hydrogens (tertiary/aromatic N) is 7. The van der Waals surface area contributed by atoms with Crippen LogP contribution in [0.1, 0.15) is 114 Å². The van der Waals surface area contributed by atoms with E-state index >= 15 is 0 Å². The highest BCUT2D eigenvalue weighted by Crippen LogP contribution is 2.40. The van der Waals surface area contributed by atoms with Gasteiger partial charge in [-0.3, -0.25) is 33.5 Å². The third kappa shape index (κ3) is 10.2. The lowest BCUT2D eigenvalue weighted by Crippen LogP contribution is -2.57. The first-order valence-corrected chi connectivity index (χ1v) is 27.0. The molecule has 10 rings (SSSR count). The van der Waals surface area contributed by atoms with Crippen LogP contribution in [0.25, 0.3) is 26.4 Å². The maximum Gasteiger partial charge on any atom is 0.306 e. The predicted octanol–water partition coefficient (Wildman–Crippen LogP) is 8.25. The number of nitrogens with one attached hydrogen (secondary N) is 3. The zero-order valence-corrected chi connectivity index (χ0v) is 45.1. The summed E-state index contributed by atoms with van der Waals surface area (Å²) in [6, 6.07) is 19.4. The van der Waals surface area contributed by atoms with E-state index in [1.54, 1.807) is 46.9 Å². The van der Waals surface area contributed by atoms with Crippen molar-refractivity contribution in [2.45, 2.75) is 105 Å². The minimum absolute atomic E-state index is 0.0365. The van der Waals surface area contributed by atoms with E-state index in [0.717, 1.165) is 54.0 Å². The van der Waals surface area contributed by atoms with Crippen LogP contribution in [0.5, 0.6) is 0 Å². The third-order valence-corrected chi connectivity index (χ3v) is 16.9. The summed E-state index contributed by atoms with van der Waals surface area (Å²) in [5, 5.41) is 39.7. The van der Waals surface area contributed by atoms with Crippen LogP contribution in [0.4, 0.5) is 11.4 Å². The normalized spacial score (nSPS) is 19.1. The van der Waals surface area contributed by atoms with Gasteiger partial charge in [0.2, 0.25) is 17.7 Å². The van der Waals surface area contributed by atoms with Crippen LogP contribution < -0.4 is 20.9 Å². The number of carbonyl (C=O) groups is 5. The molecule has 4 aromatic heterocycles. The van der Waals surface area contributed by atoms with Gasteiger partial charge in [-0.25, -0.2) is 4.98 Å². The molecule has 0 spiro atoms. The number of hydrogen-bond donors (Lipinski definition) is 5. The zero-order valence-electron chi connectivity index (χ0n) is 43.5. The molecule has 2 saturated heterocycles. The molecule has 5 N–H and O–H groups in total. The van der Waals surface area contributed by atoms with Crippen LogP contribution in [-0.4, -0.2) is 108 Å². The van der Waals surface area contributed by atoms with Crippen molar-refractivity contribution in [3.8, 4) is 15.4 Å². The summed E-state index contributed by atoms with van der Waals surface area (Å²) in [6.07, 6.45) is -0.482. The van der Waals surface area contributed by atoms with Crippen molar-refractivity contribution in [2.24, 2.45) is 16.3 Å². The van der Waals surface area contributed by atoms with Gasteiger partial charge in [0.1, 0.15) is 34.5 Å². The van der Waals surface area contributed by atoms with Crippen molar-refractivity contribution in [2.75, 3.05) is 29.9 Å². The maximum atomic E-state index is 14.4. The molecule has 0 bridgehead atoms. The Hall–Kier alpha value is -7.55. The molecular weight excluding hydrogens is 1000 g/mol. The number of hydrogen-bond acceptors (Lipinski definition) is 14. The molecule has 2 fully saturated rings. The Labute approximate surface area is 447 Å². The van der Waals surface area contributed by atoms with Gasteiger partial charge in [-0.05, 0) is 99.5 Å². The van der Waals surface area contributed by atoms with E-state index in [0.29, 0.717) is 53.5 Å². The van der Waals surface area contributed by atoms with Crippen LogP contribution in [0.2, 0.25) is 0 Å². The lowest BCUT2D eigenvalue weighted by Gasteiger charge is -2.35. The zero-order chi connectivity index (χ0) is 53.9. The first-order chi connectivity index (χ1) is 36.2. The second-order valence-corrected chi connectivity index (χ2v) is 23.2. The van der Waals surface area contributed by atoms with Crippen molar-refractivity contribution in [3.05, 3.63) is 129 Å². The molecule has 1 unspecified atom stereocenters. The topological polar surface area (TPSA) is 237 Å². The number of carbonyl (C=O) groups excluding carboxylic acids is 4. The van der Waals surface area contributed by atoms with Gasteiger partial charge in [0.15, 0.2) is 11.6 Å². The molecule has 0 saturated carbocycles. The molecule has 3 aliphatic heterocycles. The van der Waals surface area contributed by atoms with Gasteiger partial charge in [-0.15, -0.1) is 32.9 Å². The molecule has 4 amide bonds. The highest BCUT2D eigenvalue weighted by molar-refractivity contribution is 7.15. The van der Waals surface area contributed by atoms with Crippen molar-refractivity contribution >= 4 is 80.3 Å². The smallest absolute Gasteiger partial charge is 0.306 e. The minimum Gasteiger partial charge on any atom is -0.481 e. The first kappa shape index (κ1) is 51.9. The lowest BCUT2D eigenvalue weighted by molar-refractivity contribution is -0.142. The monoisotopic (exact) mass is 1060 g/mol. The van der Waals surface area contributed by atoms with Gasteiger partial charge in [-0.1, -0.05) is 57.2 Å². The quantitative estimate of drug-likeness (QED) is 0.0734. The number of fused-ring (bicyclic) bond motifs is 4. The Morgan fingerprint density at radius 1 is 0.895 bits per heavy atom. The van der Waals surface area contributed by atoms with Gasteiger partial charge in [0.05, 0.1) is 46.3 Å². The van der Waals surface area contributed by atoms with E-state index in [4.69, 9.17) is 9.41 Å². The molecule has 7 heterocycles. The molecule has 7 aromatic rings. The van der Waals surface area contributed by atoms with Gasteiger partial charge in [0, 0.05) is 58.8 Å². The van der Waals surface area contributed by atoms with Gasteiger partial charge in [-0.2, -0.15) is 0 Å². The van der Waals surface area contributed by atoms with Gasteiger partial charge >= 0.3 is 5.97 Å². The van der Waals surface area contributed by atoms with Gasteiger partial charge in [0.25, 0.3) is 5.91 Å². The average Bonchev–Trinajstić information content (AvgIpc) is 4.28. The van der Waals surface area contributed by atoms with Crippen LogP contribution in [0.3, 0.4) is 0 Å². The number of β-amino-alcohol motifs (C(OH)–C–C–N with tert-alkyl or cyclic N) is 1. The lowest BCUT2D eigenvalue weighted by atomic mass is 9.85. The highest BCUT2D eigenvalue weighted by Gasteiger charge is 2.45. The summed E-state index contributed by atoms with van der Waals surface area (Å²) in [5.74, 6) is -1.85. The number of aryl methyl sites for hydroxylation is 3. The molecular formula is C56H60N10O8S2. The summed E-state index contributed by atoms with van der Waals surface area (Å²) < 4.78 is 7.92. The van der Waals surface area contributed by atoms with E-state index in [2.05, 4.69) is 49.9 Å². The van der Waals surface area contributed by atoms with Crippen LogP contribution >= 0.6 is 22.7 Å². The number of thiophene rings is 1. The Bertz CT molecular complexity index is 3440. The van der Waals surface area contributed by atoms with Crippen molar-refractivity contribution in [1.29, 1.82) is 0 Å². The summed E-state index contributed by atoms with van der Waals surface area (Å²) in [4.78, 5) is 83.1. The number of aliphatic hydroxyl groups excluding tert-OH is 1. The van der Waals surface area contributed by atoms with Crippen LogP contribution in [0, 0.1) is 39.0 Å². The highest BCUT2D eigenvalue weighted by atomic mass is 32.1. The van der Waals surface area contributed by atoms with Crippen LogP contribution in [-0.2, 0) is 19.2 Å². The second-order valence-electron chi connectivity index (χ2n) is 21.1. The number of aromatic nitrogens is 4. The molecule has 3 aromatic carbocycles. The molecule has 394 valence electrons. The largest absolute Gasteiger partial charge is 0.481 e. The third-order valence-electron chi connectivity index (χ3n) is 14.7. The standard InChI is InChI=1S/C56H60N10O8S2/c1-28-31(4)76-55-46(28)47(60-41(24-45(68)69)50-63-62-32(5)66(50)55)34-13-16-39(17-14-34)64-20-19-36(25-64)51(70)59-38-15-18-43-37(21-38)22-44(74-43)53(72)61-49(56(6,7)8)54(73)65-26-40(67)23-42(65)52(71)58-29(2)33-9-11-35(12-10-33)48-30(3)57-27-75-48/h9-18,21-22,27,29,36,40-42,49,67H,19-20,23-26H2,1-8H3,(H,58,71)(H,59,70)(H,61,72)(H,68,69)/t29-,36?,40+,41-,42-,49+/m0/s1. The summed E-state index contributed by atoms with van der Waals surface area (Å²) >= 11 is 3.17. The Morgan fingerprint density at radius 2 is 1.63 bits per heavy atom. The molecule has 6 atom stereocenters. The van der Waals surface area contributed by atoms with Gasteiger partial charge < -0.3 is 40.4 Å². The fourth-order valence-corrected chi connectivity index (χ4v) is 12.4. The number of rotatable bonds is 13. The number of carboxylic acids is 1. The SMILES string of the molecule is Cc1ncsc1-c1ccc([C@H](C)NC(=O)[C@@H]2C[C@@H](O)CN2C(=O)[C@@H](NC(=O)c2cc3cc(NC(=O)C4CCN(c5ccc(C6=N[C@@H](CC(=O)O)c7nnc(C)n7-c7sc(C)c(C)c76)cc5)C4)ccc3o2)C(C)(C)C)cc1. The summed E-state index contributed by atoms with van der Waals surface area (Å²) in [5.41, 5.74) is 9.28. The summed E-state index contributed by atoms with van der Waals surface area (Å²) in [6.45, 7) is 16.3.